The molecule has 0 fully saturated rings. The van der Waals surface area contributed by atoms with Crippen LogP contribution in [0.25, 0.3) is 0 Å². The van der Waals surface area contributed by atoms with Gasteiger partial charge in [0.25, 0.3) is 0 Å². The molecule has 0 saturated carbocycles. The molecule has 0 aliphatic rings. The first-order chi connectivity index (χ1) is 27.1. The third-order valence-electron chi connectivity index (χ3n) is 10.6. The number of likely N-dealkylation sites (N-methyl/N-ethyl adjacent to an activating group) is 1. The number of nitrogens with zero attached hydrogens (tertiary/aromatic N) is 1. The second-order valence-electron chi connectivity index (χ2n) is 17.0. The van der Waals surface area contributed by atoms with Gasteiger partial charge >= 0.3 is 11.9 Å². The normalized spacial score (nSPS) is 13.1. The van der Waals surface area contributed by atoms with Gasteiger partial charge in [0, 0.05) is 19.3 Å². The van der Waals surface area contributed by atoms with Crippen LogP contribution in [0.4, 0.5) is 0 Å². The van der Waals surface area contributed by atoms with Crippen molar-refractivity contribution in [1.29, 1.82) is 0 Å². The van der Waals surface area contributed by atoms with Gasteiger partial charge in [0.1, 0.15) is 12.6 Å². The number of esters is 2. The van der Waals surface area contributed by atoms with Crippen LogP contribution in [0.3, 0.4) is 0 Å². The minimum absolute atomic E-state index is 0.0406. The van der Waals surface area contributed by atoms with Gasteiger partial charge in [-0.1, -0.05) is 154 Å². The fourth-order valence-corrected chi connectivity index (χ4v) is 6.88. The fourth-order valence-electron chi connectivity index (χ4n) is 6.88. The molecule has 0 rings (SSSR count). The molecular weight excluding hydrogens is 703 g/mol. The predicted octanol–water partition coefficient (Wildman–Crippen LogP) is 11.5. The Hall–Kier alpha value is -2.19. The van der Waals surface area contributed by atoms with Gasteiger partial charge in [0.2, 0.25) is 0 Å². The molecule has 0 bridgehead atoms. The maximum absolute atomic E-state index is 12.7. The number of unbranched alkanes of at least 4 members (excludes halogenated alkanes) is 24. The highest BCUT2D eigenvalue weighted by Crippen LogP contribution is 2.14. The maximum atomic E-state index is 12.7. The third-order valence-corrected chi connectivity index (χ3v) is 10.6. The molecule has 0 aromatic carbocycles. The number of carbonyl (C=O) groups is 3. The highest BCUT2D eigenvalue weighted by Gasteiger charge is 2.25. The number of hydrogen-bond acceptors (Lipinski definition) is 7. The van der Waals surface area contributed by atoms with Gasteiger partial charge in [0.05, 0.1) is 40.3 Å². The van der Waals surface area contributed by atoms with Crippen LogP contribution >= 0.6 is 0 Å². The van der Waals surface area contributed by atoms with Crippen LogP contribution in [0.5, 0.6) is 0 Å². The molecule has 328 valence electrons. The van der Waals surface area contributed by atoms with Crippen molar-refractivity contribution in [2.45, 2.75) is 225 Å². The standard InChI is InChI=1S/C48H89NO7/c1-6-8-10-12-14-16-18-20-22-23-25-26-28-30-32-34-36-38-46(50)55-43-44(42-54-41-40-45(48(52)53)49(3,4)5)56-47(51)39-37-35-33-31-29-27-24-21-19-17-15-13-11-9-7-2/h17,19-20,22,44-45H,6-16,18,21,23-43H2,1-5H3/b19-17+,22-20+. The first-order valence-corrected chi connectivity index (χ1v) is 23.4. The summed E-state index contributed by atoms with van der Waals surface area (Å²) in [7, 11) is 5.41. The van der Waals surface area contributed by atoms with E-state index in [1.165, 1.54) is 141 Å². The summed E-state index contributed by atoms with van der Waals surface area (Å²) in [4.78, 5) is 36.9. The van der Waals surface area contributed by atoms with Gasteiger partial charge in [0.15, 0.2) is 6.10 Å². The molecule has 0 aromatic rings. The Labute approximate surface area is 345 Å². The average molecular weight is 792 g/mol. The van der Waals surface area contributed by atoms with E-state index in [0.29, 0.717) is 12.8 Å². The molecule has 2 atom stereocenters. The van der Waals surface area contributed by atoms with Crippen LogP contribution in [0.2, 0.25) is 0 Å². The van der Waals surface area contributed by atoms with Gasteiger partial charge in [-0.25, -0.2) is 0 Å². The summed E-state index contributed by atoms with van der Waals surface area (Å²) in [5.74, 6) is -1.74. The number of carboxylic acid groups (broad SMARTS) is 1. The molecule has 0 radical (unpaired) electrons. The van der Waals surface area contributed by atoms with Crippen molar-refractivity contribution in [2.75, 3.05) is 41.0 Å². The van der Waals surface area contributed by atoms with Crippen LogP contribution < -0.4 is 5.11 Å². The molecule has 0 saturated heterocycles. The largest absolute Gasteiger partial charge is 0.544 e. The van der Waals surface area contributed by atoms with Crippen LogP contribution in [0.15, 0.2) is 24.3 Å². The quantitative estimate of drug-likeness (QED) is 0.0262. The second kappa shape index (κ2) is 39.6. The fraction of sp³-hybridized carbons (Fsp3) is 0.854. The van der Waals surface area contributed by atoms with Crippen LogP contribution in [0, 0.1) is 0 Å². The summed E-state index contributed by atoms with van der Waals surface area (Å²) in [5, 5.41) is 11.6. The minimum Gasteiger partial charge on any atom is -0.544 e. The van der Waals surface area contributed by atoms with Crippen LogP contribution in [-0.4, -0.2) is 75.5 Å². The molecular formula is C48H89NO7. The SMILES string of the molecule is CCCCCC/C=C/CCCCCCCCCC(=O)OC(COCCC(C(=O)[O-])[N+](C)(C)C)COC(=O)CCCCCCCCC/C=C/CCCCCCCC. The summed E-state index contributed by atoms with van der Waals surface area (Å²) in [6.45, 7) is 4.65. The first-order valence-electron chi connectivity index (χ1n) is 23.4. The van der Waals surface area contributed by atoms with Crippen molar-refractivity contribution in [1.82, 2.24) is 0 Å². The third kappa shape index (κ3) is 37.4. The van der Waals surface area contributed by atoms with E-state index in [1.54, 1.807) is 21.1 Å². The van der Waals surface area contributed by atoms with E-state index in [-0.39, 0.29) is 42.7 Å². The average Bonchev–Trinajstić information content (AvgIpc) is 3.15. The molecule has 0 aliphatic heterocycles. The van der Waals surface area contributed by atoms with Crippen molar-refractivity contribution in [3.8, 4) is 0 Å². The number of allylic oxidation sites excluding steroid dienone is 4. The van der Waals surface area contributed by atoms with E-state index in [0.717, 1.165) is 38.5 Å². The highest BCUT2D eigenvalue weighted by molar-refractivity contribution is 5.70. The van der Waals surface area contributed by atoms with Crippen molar-refractivity contribution < 1.29 is 38.2 Å². The van der Waals surface area contributed by atoms with E-state index < -0.39 is 18.1 Å². The summed E-state index contributed by atoms with van der Waals surface area (Å²) < 4.78 is 17.2. The number of hydrogen-bond donors (Lipinski definition) is 0. The molecule has 0 amide bonds. The van der Waals surface area contributed by atoms with Gasteiger partial charge < -0.3 is 28.6 Å². The molecule has 0 heterocycles. The molecule has 0 N–H and O–H groups in total. The van der Waals surface area contributed by atoms with Gasteiger partial charge in [-0.05, 0) is 64.2 Å². The van der Waals surface area contributed by atoms with E-state index in [1.807, 2.05) is 0 Å². The molecule has 2 unspecified atom stereocenters. The summed E-state index contributed by atoms with van der Waals surface area (Å²) in [6, 6.07) is -0.725. The minimum atomic E-state index is -1.12. The Bertz CT molecular complexity index is 973. The smallest absolute Gasteiger partial charge is 0.306 e. The van der Waals surface area contributed by atoms with E-state index in [4.69, 9.17) is 14.2 Å². The first kappa shape index (κ1) is 53.8. The van der Waals surface area contributed by atoms with Crippen molar-refractivity contribution >= 4 is 17.9 Å². The zero-order valence-electron chi connectivity index (χ0n) is 37.3. The number of carbonyl (C=O) groups excluding carboxylic acids is 3. The number of ether oxygens (including phenoxy) is 3. The Balaban J connectivity index is 4.30. The number of quaternary nitrogens is 1. The molecule has 0 aliphatic carbocycles. The Kier molecular flexibility index (Phi) is 38.1. The van der Waals surface area contributed by atoms with Crippen molar-refractivity contribution in [3.63, 3.8) is 0 Å². The lowest BCUT2D eigenvalue weighted by Crippen LogP contribution is -2.55. The Morgan fingerprint density at radius 3 is 1.30 bits per heavy atom. The zero-order valence-corrected chi connectivity index (χ0v) is 37.3. The summed E-state index contributed by atoms with van der Waals surface area (Å²) in [6.07, 6.45) is 43.4. The summed E-state index contributed by atoms with van der Waals surface area (Å²) >= 11 is 0. The van der Waals surface area contributed by atoms with Crippen molar-refractivity contribution in [2.24, 2.45) is 0 Å². The van der Waals surface area contributed by atoms with Gasteiger partial charge in [-0.3, -0.25) is 9.59 Å². The predicted molar refractivity (Wildman–Crippen MR) is 231 cm³/mol. The molecule has 56 heavy (non-hydrogen) atoms. The maximum Gasteiger partial charge on any atom is 0.306 e. The van der Waals surface area contributed by atoms with Crippen molar-refractivity contribution in [3.05, 3.63) is 24.3 Å². The Morgan fingerprint density at radius 1 is 0.518 bits per heavy atom. The lowest BCUT2D eigenvalue weighted by Gasteiger charge is -2.34. The molecule has 0 aromatic heterocycles. The van der Waals surface area contributed by atoms with E-state index in [9.17, 15) is 19.5 Å². The number of carboxylic acids is 1. The topological polar surface area (TPSA) is 102 Å². The Morgan fingerprint density at radius 2 is 0.893 bits per heavy atom. The van der Waals surface area contributed by atoms with Crippen LogP contribution in [-0.2, 0) is 28.6 Å². The zero-order chi connectivity index (χ0) is 41.4. The van der Waals surface area contributed by atoms with E-state index in [2.05, 4.69) is 38.2 Å². The van der Waals surface area contributed by atoms with Crippen LogP contribution in [0.1, 0.15) is 213 Å². The van der Waals surface area contributed by atoms with Gasteiger partial charge in [-0.15, -0.1) is 0 Å². The van der Waals surface area contributed by atoms with Gasteiger partial charge in [-0.2, -0.15) is 0 Å². The number of rotatable bonds is 42. The lowest BCUT2D eigenvalue weighted by atomic mass is 10.1. The lowest BCUT2D eigenvalue weighted by molar-refractivity contribution is -0.889. The summed E-state index contributed by atoms with van der Waals surface area (Å²) in [5.41, 5.74) is 0. The molecule has 0 spiro atoms. The molecule has 8 nitrogen and oxygen atoms in total. The molecule has 8 heteroatoms. The highest BCUT2D eigenvalue weighted by atomic mass is 16.6. The monoisotopic (exact) mass is 792 g/mol. The second-order valence-corrected chi connectivity index (χ2v) is 17.0. The number of aliphatic carboxylic acids is 1. The van der Waals surface area contributed by atoms with E-state index >= 15 is 0 Å².